The van der Waals surface area contributed by atoms with E-state index in [9.17, 15) is 14.0 Å². The molecule has 1 atom stereocenters. The van der Waals surface area contributed by atoms with E-state index in [2.05, 4.69) is 5.32 Å². The summed E-state index contributed by atoms with van der Waals surface area (Å²) in [5.74, 6) is -1.13. The van der Waals surface area contributed by atoms with Crippen molar-refractivity contribution in [2.75, 3.05) is 39.4 Å². The van der Waals surface area contributed by atoms with Crippen molar-refractivity contribution in [3.05, 3.63) is 34.6 Å². The molecule has 1 aliphatic heterocycles. The molecule has 1 saturated heterocycles. The van der Waals surface area contributed by atoms with E-state index < -0.39 is 11.9 Å². The third kappa shape index (κ3) is 5.38. The van der Waals surface area contributed by atoms with Gasteiger partial charge in [-0.25, -0.2) is 4.39 Å². The van der Waals surface area contributed by atoms with Crippen molar-refractivity contribution in [3.8, 4) is 0 Å². The van der Waals surface area contributed by atoms with Gasteiger partial charge in [0.15, 0.2) is 0 Å². The van der Waals surface area contributed by atoms with Gasteiger partial charge in [0.1, 0.15) is 5.82 Å². The molecule has 3 N–H and O–H groups in total. The predicted octanol–water partition coefficient (Wildman–Crippen LogP) is -0.0172. The van der Waals surface area contributed by atoms with Crippen molar-refractivity contribution in [3.63, 3.8) is 0 Å². The van der Waals surface area contributed by atoms with Crippen molar-refractivity contribution in [2.24, 2.45) is 0 Å². The molecule has 1 aliphatic rings. The van der Waals surface area contributed by atoms with E-state index in [1.54, 1.807) is 6.07 Å². The summed E-state index contributed by atoms with van der Waals surface area (Å²) >= 11 is 5.69. The SMILES string of the molecule is O=C1NCCN(Cc2ccc(Cl)c(F)c2)[C@H]1CC(=O)N(CCO)CCO. The Kier molecular flexibility index (Phi) is 7.77. The van der Waals surface area contributed by atoms with Crippen LogP contribution in [0, 0.1) is 5.82 Å². The monoisotopic (exact) mass is 387 g/mol. The van der Waals surface area contributed by atoms with Crippen LogP contribution in [0.25, 0.3) is 0 Å². The zero-order valence-corrected chi connectivity index (χ0v) is 15.1. The topological polar surface area (TPSA) is 93.1 Å². The van der Waals surface area contributed by atoms with Gasteiger partial charge in [-0.05, 0) is 17.7 Å². The molecule has 0 aliphatic carbocycles. The van der Waals surface area contributed by atoms with E-state index in [0.29, 0.717) is 25.2 Å². The lowest BCUT2D eigenvalue weighted by Gasteiger charge is -2.35. The zero-order chi connectivity index (χ0) is 19.1. The number of aliphatic hydroxyl groups excluding tert-OH is 2. The minimum Gasteiger partial charge on any atom is -0.395 e. The van der Waals surface area contributed by atoms with Crippen molar-refractivity contribution in [1.29, 1.82) is 0 Å². The molecule has 144 valence electrons. The first kappa shape index (κ1) is 20.6. The van der Waals surface area contributed by atoms with Gasteiger partial charge >= 0.3 is 0 Å². The number of piperazine rings is 1. The number of rotatable bonds is 8. The van der Waals surface area contributed by atoms with Crippen LogP contribution in [0.3, 0.4) is 0 Å². The number of benzene rings is 1. The minimum atomic E-state index is -0.699. The highest BCUT2D eigenvalue weighted by atomic mass is 35.5. The summed E-state index contributed by atoms with van der Waals surface area (Å²) in [6.07, 6.45) is -0.0814. The van der Waals surface area contributed by atoms with Gasteiger partial charge in [-0.3, -0.25) is 14.5 Å². The number of nitrogens with zero attached hydrogens (tertiary/aromatic N) is 2. The fraction of sp³-hybridized carbons (Fsp3) is 0.529. The molecule has 26 heavy (non-hydrogen) atoms. The van der Waals surface area contributed by atoms with Crippen LogP contribution in [0.2, 0.25) is 5.02 Å². The molecule has 1 fully saturated rings. The molecular formula is C17H23ClFN3O4. The molecule has 0 spiro atoms. The van der Waals surface area contributed by atoms with Gasteiger partial charge in [-0.15, -0.1) is 0 Å². The van der Waals surface area contributed by atoms with E-state index in [1.807, 2.05) is 4.90 Å². The van der Waals surface area contributed by atoms with Crippen LogP contribution >= 0.6 is 11.6 Å². The molecule has 0 aromatic heterocycles. The highest BCUT2D eigenvalue weighted by Crippen LogP contribution is 2.19. The number of amides is 2. The molecule has 1 aromatic rings. The second kappa shape index (κ2) is 9.82. The maximum absolute atomic E-state index is 13.7. The fourth-order valence-electron chi connectivity index (χ4n) is 2.94. The van der Waals surface area contributed by atoms with Crippen LogP contribution in [0.1, 0.15) is 12.0 Å². The second-order valence-corrected chi connectivity index (χ2v) is 6.47. The van der Waals surface area contributed by atoms with Crippen LogP contribution in [-0.4, -0.2) is 77.3 Å². The Morgan fingerprint density at radius 3 is 2.65 bits per heavy atom. The van der Waals surface area contributed by atoms with Crippen molar-refractivity contribution < 1.29 is 24.2 Å². The van der Waals surface area contributed by atoms with Crippen LogP contribution in [-0.2, 0) is 16.1 Å². The van der Waals surface area contributed by atoms with Gasteiger partial charge in [0, 0.05) is 32.7 Å². The summed E-state index contributed by atoms with van der Waals surface area (Å²) in [6.45, 7) is 1.00. The molecule has 7 nitrogen and oxygen atoms in total. The third-order valence-electron chi connectivity index (χ3n) is 4.27. The van der Waals surface area contributed by atoms with Gasteiger partial charge in [-0.2, -0.15) is 0 Å². The van der Waals surface area contributed by atoms with E-state index in [-0.39, 0.29) is 49.6 Å². The van der Waals surface area contributed by atoms with Crippen LogP contribution in [0.4, 0.5) is 4.39 Å². The maximum atomic E-state index is 13.7. The molecule has 0 bridgehead atoms. The maximum Gasteiger partial charge on any atom is 0.237 e. The summed E-state index contributed by atoms with van der Waals surface area (Å²) in [6, 6.07) is 3.76. The highest BCUT2D eigenvalue weighted by Gasteiger charge is 2.32. The summed E-state index contributed by atoms with van der Waals surface area (Å²) in [4.78, 5) is 27.9. The number of aliphatic hydroxyl groups is 2. The largest absolute Gasteiger partial charge is 0.395 e. The first-order chi connectivity index (χ1) is 12.5. The Labute approximate surface area is 156 Å². The van der Waals surface area contributed by atoms with Crippen molar-refractivity contribution in [2.45, 2.75) is 19.0 Å². The van der Waals surface area contributed by atoms with Crippen LogP contribution < -0.4 is 5.32 Å². The molecule has 2 rings (SSSR count). The van der Waals surface area contributed by atoms with Gasteiger partial charge in [-0.1, -0.05) is 17.7 Å². The van der Waals surface area contributed by atoms with E-state index >= 15 is 0 Å². The fourth-order valence-corrected chi connectivity index (χ4v) is 3.06. The van der Waals surface area contributed by atoms with E-state index in [1.165, 1.54) is 17.0 Å². The van der Waals surface area contributed by atoms with Gasteiger partial charge in [0.25, 0.3) is 0 Å². The summed E-state index contributed by atoms with van der Waals surface area (Å²) in [5, 5.41) is 20.9. The molecule has 1 aromatic carbocycles. The molecular weight excluding hydrogens is 365 g/mol. The molecule has 0 saturated carbocycles. The highest BCUT2D eigenvalue weighted by molar-refractivity contribution is 6.30. The van der Waals surface area contributed by atoms with Crippen molar-refractivity contribution >= 4 is 23.4 Å². The number of hydrogen-bond donors (Lipinski definition) is 3. The Morgan fingerprint density at radius 1 is 1.35 bits per heavy atom. The molecule has 2 amide bonds. The molecule has 0 radical (unpaired) electrons. The normalized spacial score (nSPS) is 17.8. The third-order valence-corrected chi connectivity index (χ3v) is 4.58. The Hall–Kier alpha value is -1.74. The quantitative estimate of drug-likeness (QED) is 0.583. The smallest absolute Gasteiger partial charge is 0.237 e. The number of hydrogen-bond acceptors (Lipinski definition) is 5. The second-order valence-electron chi connectivity index (χ2n) is 6.06. The lowest BCUT2D eigenvalue weighted by molar-refractivity contribution is -0.139. The van der Waals surface area contributed by atoms with Crippen LogP contribution in [0.5, 0.6) is 0 Å². The Morgan fingerprint density at radius 2 is 2.04 bits per heavy atom. The number of carbonyl (C=O) groups excluding carboxylic acids is 2. The van der Waals surface area contributed by atoms with Gasteiger partial charge in [0.2, 0.25) is 11.8 Å². The molecule has 0 unspecified atom stereocenters. The van der Waals surface area contributed by atoms with Gasteiger partial charge < -0.3 is 20.4 Å². The first-order valence-electron chi connectivity index (χ1n) is 8.41. The zero-order valence-electron chi connectivity index (χ0n) is 14.3. The molecule has 9 heteroatoms. The average Bonchev–Trinajstić information content (AvgIpc) is 2.61. The predicted molar refractivity (Wildman–Crippen MR) is 94.0 cm³/mol. The lowest BCUT2D eigenvalue weighted by atomic mass is 10.1. The number of halogens is 2. The Bertz CT molecular complexity index is 640. The lowest BCUT2D eigenvalue weighted by Crippen LogP contribution is -2.56. The first-order valence-corrected chi connectivity index (χ1v) is 8.79. The minimum absolute atomic E-state index is 0.0283. The summed E-state index contributed by atoms with van der Waals surface area (Å²) in [7, 11) is 0. The van der Waals surface area contributed by atoms with E-state index in [0.717, 1.165) is 0 Å². The van der Waals surface area contributed by atoms with Gasteiger partial charge in [0.05, 0.1) is 30.7 Å². The van der Waals surface area contributed by atoms with Crippen molar-refractivity contribution in [1.82, 2.24) is 15.1 Å². The molecule has 1 heterocycles. The standard InChI is InChI=1S/C17H23ClFN3O4/c18-13-2-1-12(9-14(13)19)11-22-4-3-20-17(26)15(22)10-16(25)21(5-7-23)6-8-24/h1-2,9,15,23-24H,3-8,10-11H2,(H,20,26)/t15-/m0/s1. The van der Waals surface area contributed by atoms with E-state index in [4.69, 9.17) is 21.8 Å². The average molecular weight is 388 g/mol. The number of nitrogens with one attached hydrogen (secondary N) is 1. The van der Waals surface area contributed by atoms with Crippen LogP contribution in [0.15, 0.2) is 18.2 Å². The number of carbonyl (C=O) groups is 2. The summed E-state index contributed by atoms with van der Waals surface area (Å²) in [5.41, 5.74) is 0.654. The Balaban J connectivity index is 2.10. The summed E-state index contributed by atoms with van der Waals surface area (Å²) < 4.78 is 13.7.